The van der Waals surface area contributed by atoms with Crippen LogP contribution in [0, 0.1) is 0 Å². The van der Waals surface area contributed by atoms with E-state index in [0.29, 0.717) is 12.8 Å². The maximum atomic E-state index is 12.3. The number of esters is 2. The average Bonchev–Trinajstić information content (AvgIpc) is 3.37. The Morgan fingerprint density at radius 3 is 0.859 bits per heavy atom. The zero-order chi connectivity index (χ0) is 51.3. The van der Waals surface area contributed by atoms with E-state index in [-0.39, 0.29) is 25.2 Å². The third-order valence-electron chi connectivity index (χ3n) is 14.0. The molecule has 0 aromatic heterocycles. The number of hydrogen-bond acceptors (Lipinski definition) is 5. The Labute approximate surface area is 442 Å². The topological polar surface area (TPSA) is 72.8 Å². The predicted octanol–water partition coefficient (Wildman–Crippen LogP) is 21.4. The molecule has 0 radical (unpaired) electrons. The van der Waals surface area contributed by atoms with Crippen LogP contribution in [-0.2, 0) is 19.1 Å². The molecule has 0 aliphatic rings. The number of rotatable bonds is 58. The lowest BCUT2D eigenvalue weighted by molar-refractivity contribution is -0.161. The monoisotopic (exact) mass is 993 g/mol. The van der Waals surface area contributed by atoms with E-state index in [2.05, 4.69) is 74.6 Å². The molecule has 0 bridgehead atoms. The van der Waals surface area contributed by atoms with Gasteiger partial charge in [-0.05, 0) is 83.5 Å². The molecule has 0 fully saturated rings. The van der Waals surface area contributed by atoms with E-state index in [1.54, 1.807) is 0 Å². The van der Waals surface area contributed by atoms with Crippen LogP contribution in [0.3, 0.4) is 0 Å². The number of allylic oxidation sites excluding steroid dienone is 10. The van der Waals surface area contributed by atoms with Crippen LogP contribution in [0.2, 0.25) is 0 Å². The molecule has 0 saturated carbocycles. The van der Waals surface area contributed by atoms with Crippen molar-refractivity contribution in [2.24, 2.45) is 0 Å². The average molecular weight is 994 g/mol. The number of hydrogen-bond donors (Lipinski definition) is 1. The van der Waals surface area contributed by atoms with Gasteiger partial charge in [0.1, 0.15) is 6.61 Å². The minimum absolute atomic E-state index is 0.0705. The molecule has 0 heterocycles. The molecule has 0 rings (SSSR count). The molecule has 0 aromatic carbocycles. The third-order valence-corrected chi connectivity index (χ3v) is 14.0. The van der Waals surface area contributed by atoms with Gasteiger partial charge in [0.2, 0.25) is 0 Å². The van der Waals surface area contributed by atoms with E-state index < -0.39 is 6.10 Å². The van der Waals surface area contributed by atoms with Crippen LogP contribution >= 0.6 is 0 Å². The van der Waals surface area contributed by atoms with Crippen molar-refractivity contribution in [2.75, 3.05) is 13.2 Å². The third kappa shape index (κ3) is 60.1. The molecule has 0 aliphatic heterocycles. The Kier molecular flexibility index (Phi) is 59.8. The lowest BCUT2D eigenvalue weighted by Crippen LogP contribution is -2.28. The normalized spacial score (nSPS) is 12.5. The van der Waals surface area contributed by atoms with E-state index in [1.165, 1.54) is 238 Å². The molecule has 414 valence electrons. The number of unbranched alkanes of at least 4 members (excludes halogenated alkanes) is 40. The van der Waals surface area contributed by atoms with Gasteiger partial charge in [0, 0.05) is 12.8 Å². The van der Waals surface area contributed by atoms with Gasteiger partial charge in [-0.3, -0.25) is 9.59 Å². The summed E-state index contributed by atoms with van der Waals surface area (Å²) in [6, 6.07) is 0. The van der Waals surface area contributed by atoms with Crippen molar-refractivity contribution in [3.8, 4) is 0 Å². The van der Waals surface area contributed by atoms with E-state index in [1.807, 2.05) is 0 Å². The zero-order valence-electron chi connectivity index (χ0n) is 47.5. The van der Waals surface area contributed by atoms with Crippen LogP contribution in [0.15, 0.2) is 60.8 Å². The molecule has 5 nitrogen and oxygen atoms in total. The lowest BCUT2D eigenvalue weighted by Gasteiger charge is -2.15. The second kappa shape index (κ2) is 61.9. The van der Waals surface area contributed by atoms with E-state index in [9.17, 15) is 14.7 Å². The van der Waals surface area contributed by atoms with Gasteiger partial charge in [0.25, 0.3) is 0 Å². The molecule has 1 atom stereocenters. The van der Waals surface area contributed by atoms with E-state index >= 15 is 0 Å². The van der Waals surface area contributed by atoms with Crippen LogP contribution < -0.4 is 0 Å². The summed E-state index contributed by atoms with van der Waals surface area (Å²) >= 11 is 0. The van der Waals surface area contributed by atoms with Crippen molar-refractivity contribution in [1.29, 1.82) is 0 Å². The van der Waals surface area contributed by atoms with E-state index in [4.69, 9.17) is 9.47 Å². The highest BCUT2D eigenvalue weighted by Crippen LogP contribution is 2.17. The Balaban J connectivity index is 3.39. The predicted molar refractivity (Wildman–Crippen MR) is 311 cm³/mol. The quantitative estimate of drug-likeness (QED) is 0.0373. The molecular weight excluding hydrogens is 873 g/mol. The molecule has 1 unspecified atom stereocenters. The van der Waals surface area contributed by atoms with Gasteiger partial charge in [-0.25, -0.2) is 0 Å². The van der Waals surface area contributed by atoms with Gasteiger partial charge in [0.05, 0.1) is 6.61 Å². The van der Waals surface area contributed by atoms with Gasteiger partial charge in [0.15, 0.2) is 6.10 Å². The van der Waals surface area contributed by atoms with Crippen LogP contribution in [0.5, 0.6) is 0 Å². The molecular formula is C66H120O5. The van der Waals surface area contributed by atoms with Crippen molar-refractivity contribution >= 4 is 11.9 Å². The fourth-order valence-corrected chi connectivity index (χ4v) is 9.30. The van der Waals surface area contributed by atoms with Crippen LogP contribution in [-0.4, -0.2) is 36.4 Å². The fraction of sp³-hybridized carbons (Fsp3) is 0.818. The Bertz CT molecular complexity index is 1210. The zero-order valence-corrected chi connectivity index (χ0v) is 47.5. The largest absolute Gasteiger partial charge is 0.462 e. The maximum absolute atomic E-state index is 12.3. The first-order valence-electron chi connectivity index (χ1n) is 31.3. The SMILES string of the molecule is CCCCCC/C=C\C/C=C\CCCCCCCC(=O)OCC(CO)OC(=O)CCCCCCCCCCCCCCCCCCCCCCCCCCCC/C=C\C/C=C\C/C=C\CCCCCCC. The van der Waals surface area contributed by atoms with Crippen LogP contribution in [0.25, 0.3) is 0 Å². The Morgan fingerprint density at radius 2 is 0.563 bits per heavy atom. The number of aliphatic hydroxyl groups is 1. The summed E-state index contributed by atoms with van der Waals surface area (Å²) in [7, 11) is 0. The maximum Gasteiger partial charge on any atom is 0.306 e. The van der Waals surface area contributed by atoms with Crippen molar-refractivity contribution in [2.45, 2.75) is 335 Å². The molecule has 71 heavy (non-hydrogen) atoms. The van der Waals surface area contributed by atoms with Gasteiger partial charge in [-0.2, -0.15) is 0 Å². The summed E-state index contributed by atoms with van der Waals surface area (Å²) < 4.78 is 10.7. The second-order valence-corrected chi connectivity index (χ2v) is 21.1. The first-order valence-corrected chi connectivity index (χ1v) is 31.3. The molecule has 5 heteroatoms. The molecule has 0 aromatic rings. The molecule has 0 saturated heterocycles. The van der Waals surface area contributed by atoms with Crippen molar-refractivity contribution in [1.82, 2.24) is 0 Å². The van der Waals surface area contributed by atoms with Gasteiger partial charge in [-0.15, -0.1) is 0 Å². The highest BCUT2D eigenvalue weighted by molar-refractivity contribution is 5.70. The molecule has 0 spiro atoms. The Hall–Kier alpha value is -2.40. The summed E-state index contributed by atoms with van der Waals surface area (Å²) in [5.41, 5.74) is 0. The highest BCUT2D eigenvalue weighted by atomic mass is 16.6. The van der Waals surface area contributed by atoms with Crippen LogP contribution in [0.4, 0.5) is 0 Å². The van der Waals surface area contributed by atoms with Gasteiger partial charge in [-0.1, -0.05) is 293 Å². The first kappa shape index (κ1) is 68.6. The summed E-state index contributed by atoms with van der Waals surface area (Å²) in [5, 5.41) is 9.65. The Morgan fingerprint density at radius 1 is 0.324 bits per heavy atom. The molecule has 0 amide bonds. The summed E-state index contributed by atoms with van der Waals surface area (Å²) in [5.74, 6) is -0.594. The number of carbonyl (C=O) groups is 2. The molecule has 1 N–H and O–H groups in total. The summed E-state index contributed by atoms with van der Waals surface area (Å²) in [6.07, 6.45) is 83.8. The second-order valence-electron chi connectivity index (χ2n) is 21.1. The molecule has 0 aliphatic carbocycles. The van der Waals surface area contributed by atoms with Crippen molar-refractivity contribution in [3.05, 3.63) is 60.8 Å². The number of carbonyl (C=O) groups excluding carboxylic acids is 2. The van der Waals surface area contributed by atoms with Crippen LogP contribution in [0.1, 0.15) is 328 Å². The minimum Gasteiger partial charge on any atom is -0.462 e. The lowest BCUT2D eigenvalue weighted by atomic mass is 10.0. The first-order chi connectivity index (χ1) is 35.1. The summed E-state index contributed by atoms with van der Waals surface area (Å²) in [4.78, 5) is 24.5. The smallest absolute Gasteiger partial charge is 0.306 e. The fourth-order valence-electron chi connectivity index (χ4n) is 9.30. The van der Waals surface area contributed by atoms with Crippen molar-refractivity contribution < 1.29 is 24.2 Å². The van der Waals surface area contributed by atoms with Gasteiger partial charge < -0.3 is 14.6 Å². The summed E-state index contributed by atoms with van der Waals surface area (Å²) in [6.45, 7) is 4.13. The number of ether oxygens (including phenoxy) is 2. The minimum atomic E-state index is -0.777. The number of aliphatic hydroxyl groups excluding tert-OH is 1. The van der Waals surface area contributed by atoms with Gasteiger partial charge >= 0.3 is 11.9 Å². The van der Waals surface area contributed by atoms with Crippen molar-refractivity contribution in [3.63, 3.8) is 0 Å². The highest BCUT2D eigenvalue weighted by Gasteiger charge is 2.16. The van der Waals surface area contributed by atoms with E-state index in [0.717, 1.165) is 64.2 Å². The standard InChI is InChI=1S/C66H120O5/c1-3-5-7-9-11-13-15-17-19-21-22-23-24-25-26-27-28-29-30-31-32-33-34-35-36-37-38-39-40-41-42-43-44-45-47-49-51-53-55-57-59-61-66(69)71-64(62-67)63-70-65(68)60-58-56-54-52-50-48-46-20-18-16-14-12-10-8-6-4-2/h14-17,20-22,24-25,46,64,67H,3-13,18-19,23,26-45,47-63H2,1-2H3/b16-14-,17-15-,22-21-,25-24-,46-20-.